The molecule has 0 aliphatic heterocycles. The minimum absolute atomic E-state index is 0.0415. The number of phenolic OH excluding ortho intramolecular Hbond substituents is 1. The van der Waals surface area contributed by atoms with Gasteiger partial charge >= 0.3 is 0 Å². The van der Waals surface area contributed by atoms with Gasteiger partial charge < -0.3 is 10.4 Å². The molecular formula is C15H12ClN3O4S. The predicted octanol–water partition coefficient (Wildman–Crippen LogP) is 3.39. The topological polar surface area (TPSA) is 104 Å². The summed E-state index contributed by atoms with van der Waals surface area (Å²) in [5, 5.41) is 25.3. The van der Waals surface area contributed by atoms with Crippen LogP contribution in [0.5, 0.6) is 5.75 Å². The molecule has 0 aromatic heterocycles. The van der Waals surface area contributed by atoms with Gasteiger partial charge in [-0.3, -0.25) is 20.2 Å². The second-order valence-corrected chi connectivity index (χ2v) is 5.67. The Morgan fingerprint density at radius 2 is 1.92 bits per heavy atom. The summed E-state index contributed by atoms with van der Waals surface area (Å²) in [6, 6.07) is 8.91. The van der Waals surface area contributed by atoms with Crippen LogP contribution >= 0.6 is 23.8 Å². The third-order valence-corrected chi connectivity index (χ3v) is 3.56. The van der Waals surface area contributed by atoms with Crippen LogP contribution in [0.15, 0.2) is 36.4 Å². The minimum Gasteiger partial charge on any atom is -0.506 e. The van der Waals surface area contributed by atoms with Gasteiger partial charge in [-0.1, -0.05) is 29.3 Å². The van der Waals surface area contributed by atoms with Crippen LogP contribution in [-0.2, 0) is 0 Å². The zero-order valence-corrected chi connectivity index (χ0v) is 13.9. The monoisotopic (exact) mass is 365 g/mol. The van der Waals surface area contributed by atoms with Crippen molar-refractivity contribution in [1.29, 1.82) is 0 Å². The molecule has 9 heteroatoms. The summed E-state index contributed by atoms with van der Waals surface area (Å²) in [6.45, 7) is 1.90. The molecule has 3 N–H and O–H groups in total. The van der Waals surface area contributed by atoms with Gasteiger partial charge in [0, 0.05) is 5.56 Å². The summed E-state index contributed by atoms with van der Waals surface area (Å²) in [6.07, 6.45) is 0. The molecule has 124 valence electrons. The number of hydrogen-bond acceptors (Lipinski definition) is 5. The standard InChI is InChI=1S/C15H12ClN3O4S/c1-8-2-4-9(5-3-8)14(21)18-15(24)17-11-6-10(16)12(19(22)23)7-13(11)20/h2-7,20H,1H3,(H2,17,18,21,24). The van der Waals surface area contributed by atoms with E-state index < -0.39 is 22.3 Å². The van der Waals surface area contributed by atoms with Crippen LogP contribution in [0.1, 0.15) is 15.9 Å². The number of amides is 1. The molecule has 1 amide bonds. The van der Waals surface area contributed by atoms with Crippen molar-refractivity contribution in [2.45, 2.75) is 6.92 Å². The Labute approximate surface area is 147 Å². The number of phenols is 1. The van der Waals surface area contributed by atoms with Crippen molar-refractivity contribution in [3.63, 3.8) is 0 Å². The first kappa shape index (κ1) is 17.6. The van der Waals surface area contributed by atoms with Crippen molar-refractivity contribution in [2.75, 3.05) is 5.32 Å². The fraction of sp³-hybridized carbons (Fsp3) is 0.0667. The molecule has 0 saturated heterocycles. The highest BCUT2D eigenvalue weighted by molar-refractivity contribution is 7.80. The number of benzene rings is 2. The Bertz CT molecular complexity index is 824. The van der Waals surface area contributed by atoms with Crippen LogP contribution in [0.3, 0.4) is 0 Å². The number of anilines is 1. The first-order valence-corrected chi connectivity index (χ1v) is 7.42. The van der Waals surface area contributed by atoms with Gasteiger partial charge in [0.25, 0.3) is 11.6 Å². The maximum atomic E-state index is 12.0. The lowest BCUT2D eigenvalue weighted by molar-refractivity contribution is -0.384. The van der Waals surface area contributed by atoms with Crippen LogP contribution < -0.4 is 10.6 Å². The van der Waals surface area contributed by atoms with Gasteiger partial charge in [0.2, 0.25) is 0 Å². The Balaban J connectivity index is 2.09. The van der Waals surface area contributed by atoms with Gasteiger partial charge in [0.15, 0.2) is 5.11 Å². The van der Waals surface area contributed by atoms with E-state index >= 15 is 0 Å². The maximum Gasteiger partial charge on any atom is 0.291 e. The molecule has 0 fully saturated rings. The second kappa shape index (κ2) is 7.24. The smallest absolute Gasteiger partial charge is 0.291 e. The molecule has 0 radical (unpaired) electrons. The SMILES string of the molecule is Cc1ccc(C(=O)NC(=S)Nc2cc(Cl)c([N+](=O)[O-])cc2O)cc1. The number of nitrogens with one attached hydrogen (secondary N) is 2. The number of nitrogens with zero attached hydrogens (tertiary/aromatic N) is 1. The maximum absolute atomic E-state index is 12.0. The molecule has 2 rings (SSSR count). The lowest BCUT2D eigenvalue weighted by Crippen LogP contribution is -2.34. The first-order valence-electron chi connectivity index (χ1n) is 6.64. The van der Waals surface area contributed by atoms with E-state index in [-0.39, 0.29) is 15.8 Å². The number of hydrogen-bond donors (Lipinski definition) is 3. The lowest BCUT2D eigenvalue weighted by Gasteiger charge is -2.11. The van der Waals surface area contributed by atoms with Gasteiger partial charge in [0.05, 0.1) is 16.7 Å². The largest absolute Gasteiger partial charge is 0.506 e. The van der Waals surface area contributed by atoms with Crippen molar-refractivity contribution in [1.82, 2.24) is 5.32 Å². The fourth-order valence-corrected chi connectivity index (χ4v) is 2.26. The minimum atomic E-state index is -0.719. The number of nitro benzene ring substituents is 1. The van der Waals surface area contributed by atoms with Crippen LogP contribution in [0, 0.1) is 17.0 Å². The molecule has 0 heterocycles. The Hall–Kier alpha value is -2.71. The summed E-state index contributed by atoms with van der Waals surface area (Å²) in [5.41, 5.74) is 1.03. The van der Waals surface area contributed by atoms with E-state index in [1.807, 2.05) is 6.92 Å². The molecule has 24 heavy (non-hydrogen) atoms. The lowest BCUT2D eigenvalue weighted by atomic mass is 10.1. The van der Waals surface area contributed by atoms with E-state index in [4.69, 9.17) is 23.8 Å². The number of halogens is 1. The van der Waals surface area contributed by atoms with Gasteiger partial charge in [-0.25, -0.2) is 0 Å². The van der Waals surface area contributed by atoms with E-state index in [0.717, 1.165) is 17.7 Å². The molecule has 7 nitrogen and oxygen atoms in total. The van der Waals surface area contributed by atoms with Crippen LogP contribution in [0.25, 0.3) is 0 Å². The number of thiocarbonyl (C=S) groups is 1. The molecular weight excluding hydrogens is 354 g/mol. The van der Waals surface area contributed by atoms with E-state index in [2.05, 4.69) is 10.6 Å². The Kier molecular flexibility index (Phi) is 5.32. The van der Waals surface area contributed by atoms with E-state index in [0.29, 0.717) is 5.56 Å². The van der Waals surface area contributed by atoms with E-state index in [1.165, 1.54) is 0 Å². The van der Waals surface area contributed by atoms with Crippen LogP contribution in [-0.4, -0.2) is 21.0 Å². The zero-order chi connectivity index (χ0) is 17.9. The number of aryl methyl sites for hydroxylation is 1. The predicted molar refractivity (Wildman–Crippen MR) is 94.6 cm³/mol. The number of carbonyl (C=O) groups excluding carboxylic acids is 1. The zero-order valence-electron chi connectivity index (χ0n) is 12.4. The number of carbonyl (C=O) groups is 1. The van der Waals surface area contributed by atoms with Crippen LogP contribution in [0.2, 0.25) is 5.02 Å². The highest BCUT2D eigenvalue weighted by atomic mass is 35.5. The van der Waals surface area contributed by atoms with Gasteiger partial charge in [0.1, 0.15) is 10.8 Å². The highest BCUT2D eigenvalue weighted by Gasteiger charge is 2.17. The molecule has 2 aromatic rings. The number of rotatable bonds is 3. The molecule has 0 aliphatic rings. The first-order chi connectivity index (χ1) is 11.3. The van der Waals surface area contributed by atoms with Crippen molar-refractivity contribution < 1.29 is 14.8 Å². The van der Waals surface area contributed by atoms with Gasteiger partial charge in [-0.15, -0.1) is 0 Å². The molecule has 0 unspecified atom stereocenters. The number of nitro groups is 1. The molecule has 2 aromatic carbocycles. The average Bonchev–Trinajstić information content (AvgIpc) is 2.50. The summed E-state index contributed by atoms with van der Waals surface area (Å²) < 4.78 is 0. The van der Waals surface area contributed by atoms with Crippen molar-refractivity contribution >= 4 is 46.2 Å². The number of aromatic hydroxyl groups is 1. The molecule has 0 aliphatic carbocycles. The summed E-state index contributed by atoms with van der Waals surface area (Å²) in [4.78, 5) is 22.1. The van der Waals surface area contributed by atoms with E-state index in [1.54, 1.807) is 24.3 Å². The second-order valence-electron chi connectivity index (χ2n) is 4.85. The molecule has 0 atom stereocenters. The highest BCUT2D eigenvalue weighted by Crippen LogP contribution is 2.34. The quantitative estimate of drug-likeness (QED) is 0.333. The Morgan fingerprint density at radius 3 is 2.50 bits per heavy atom. The third kappa shape index (κ3) is 4.18. The molecule has 0 bridgehead atoms. The van der Waals surface area contributed by atoms with Crippen molar-refractivity contribution in [3.05, 3.63) is 62.7 Å². The fourth-order valence-electron chi connectivity index (χ4n) is 1.82. The molecule has 0 saturated carbocycles. The summed E-state index contributed by atoms with van der Waals surface area (Å²) in [7, 11) is 0. The summed E-state index contributed by atoms with van der Waals surface area (Å²) >= 11 is 10.8. The third-order valence-electron chi connectivity index (χ3n) is 3.05. The van der Waals surface area contributed by atoms with Gasteiger partial charge in [-0.05, 0) is 37.3 Å². The van der Waals surface area contributed by atoms with Crippen molar-refractivity contribution in [3.8, 4) is 5.75 Å². The van der Waals surface area contributed by atoms with Crippen LogP contribution in [0.4, 0.5) is 11.4 Å². The Morgan fingerprint density at radius 1 is 1.29 bits per heavy atom. The van der Waals surface area contributed by atoms with Crippen molar-refractivity contribution in [2.24, 2.45) is 0 Å². The normalized spacial score (nSPS) is 10.1. The van der Waals surface area contributed by atoms with Gasteiger partial charge in [-0.2, -0.15) is 0 Å². The molecule has 0 spiro atoms. The van der Waals surface area contributed by atoms with E-state index in [9.17, 15) is 20.0 Å². The summed E-state index contributed by atoms with van der Waals surface area (Å²) in [5.74, 6) is -0.849. The average molecular weight is 366 g/mol.